The molecule has 0 saturated carbocycles. The van der Waals surface area contributed by atoms with Gasteiger partial charge in [-0.05, 0) is 12.1 Å². The normalized spacial score (nSPS) is 14.5. The second kappa shape index (κ2) is 6.39. The van der Waals surface area contributed by atoms with E-state index in [2.05, 4.69) is 0 Å². The largest absolute Gasteiger partial charge is 0.465 e. The third-order valence-corrected chi connectivity index (χ3v) is 3.53. The van der Waals surface area contributed by atoms with Gasteiger partial charge < -0.3 is 9.64 Å². The Balaban J connectivity index is 2.07. The number of benzene rings is 1. The number of hydrogen-bond donors (Lipinski definition) is 0. The molecule has 1 aliphatic rings. The molecule has 0 aliphatic carbocycles. The van der Waals surface area contributed by atoms with Gasteiger partial charge in [0.2, 0.25) is 11.8 Å². The van der Waals surface area contributed by atoms with E-state index in [9.17, 15) is 14.4 Å². The molecule has 0 N–H and O–H groups in total. The highest BCUT2D eigenvalue weighted by atomic mass is 16.5. The number of amides is 2. The number of hydrogen-bond acceptors (Lipinski definition) is 5. The van der Waals surface area contributed by atoms with Crippen molar-refractivity contribution in [3.05, 3.63) is 29.8 Å². The highest BCUT2D eigenvalue weighted by molar-refractivity contribution is 6.02. The van der Waals surface area contributed by atoms with E-state index >= 15 is 0 Å². The van der Waals surface area contributed by atoms with E-state index in [1.807, 2.05) is 18.0 Å². The van der Waals surface area contributed by atoms with Crippen molar-refractivity contribution >= 4 is 23.5 Å². The van der Waals surface area contributed by atoms with Gasteiger partial charge >= 0.3 is 5.97 Å². The summed E-state index contributed by atoms with van der Waals surface area (Å²) >= 11 is 0. The molecule has 6 nitrogen and oxygen atoms in total. The number of carbonyl (C=O) groups is 3. The third-order valence-electron chi connectivity index (χ3n) is 3.53. The van der Waals surface area contributed by atoms with Crippen LogP contribution in [0.1, 0.15) is 23.2 Å². The third kappa shape index (κ3) is 3.21. The summed E-state index contributed by atoms with van der Waals surface area (Å²) in [5.41, 5.74) is 1.17. The number of likely N-dealkylation sites (tertiary alicyclic amines) is 1. The molecular formula is C15H18N2O4. The first-order valence-electron chi connectivity index (χ1n) is 6.76. The zero-order valence-electron chi connectivity index (χ0n) is 12.2. The van der Waals surface area contributed by atoms with Gasteiger partial charge in [-0.3, -0.25) is 14.5 Å². The van der Waals surface area contributed by atoms with Gasteiger partial charge in [0.25, 0.3) is 0 Å². The van der Waals surface area contributed by atoms with Gasteiger partial charge in [-0.15, -0.1) is 0 Å². The number of imide groups is 1. The Hall–Kier alpha value is -2.37. The van der Waals surface area contributed by atoms with E-state index < -0.39 is 5.97 Å². The van der Waals surface area contributed by atoms with Crippen molar-refractivity contribution < 1.29 is 19.1 Å². The number of anilines is 1. The average molecular weight is 290 g/mol. The van der Waals surface area contributed by atoms with Gasteiger partial charge in [-0.2, -0.15) is 0 Å². The molecule has 0 unspecified atom stereocenters. The maximum Gasteiger partial charge on any atom is 0.339 e. The van der Waals surface area contributed by atoms with E-state index in [0.717, 1.165) is 0 Å². The monoisotopic (exact) mass is 290 g/mol. The van der Waals surface area contributed by atoms with E-state index in [0.29, 0.717) is 37.2 Å². The lowest BCUT2D eigenvalue weighted by molar-refractivity contribution is -0.138. The lowest BCUT2D eigenvalue weighted by Crippen LogP contribution is -2.37. The van der Waals surface area contributed by atoms with Crippen LogP contribution in [0.3, 0.4) is 0 Å². The Kier molecular flexibility index (Phi) is 4.57. The van der Waals surface area contributed by atoms with Gasteiger partial charge in [0.05, 0.1) is 18.4 Å². The highest BCUT2D eigenvalue weighted by Crippen LogP contribution is 2.20. The standard InChI is InChI=1S/C15H18N2O4/c1-16(9-10-17-13(18)7-8-14(17)19)12-6-4-3-5-11(12)15(20)21-2/h3-6H,7-10H2,1-2H3. The Morgan fingerprint density at radius 2 is 1.86 bits per heavy atom. The van der Waals surface area contributed by atoms with Crippen LogP contribution in [0.25, 0.3) is 0 Å². The Morgan fingerprint density at radius 3 is 2.48 bits per heavy atom. The maximum atomic E-state index is 11.7. The SMILES string of the molecule is COC(=O)c1ccccc1N(C)CCN1C(=O)CCC1=O. The summed E-state index contributed by atoms with van der Waals surface area (Å²) in [6.45, 7) is 0.787. The van der Waals surface area contributed by atoms with Crippen molar-refractivity contribution in [1.82, 2.24) is 4.90 Å². The molecule has 1 aromatic rings. The summed E-state index contributed by atoms with van der Waals surface area (Å²) in [5.74, 6) is -0.671. The summed E-state index contributed by atoms with van der Waals surface area (Å²) < 4.78 is 4.75. The van der Waals surface area contributed by atoms with Crippen LogP contribution in [0.2, 0.25) is 0 Å². The first-order valence-corrected chi connectivity index (χ1v) is 6.76. The van der Waals surface area contributed by atoms with Gasteiger partial charge in [-0.25, -0.2) is 4.79 Å². The fourth-order valence-corrected chi connectivity index (χ4v) is 2.33. The zero-order chi connectivity index (χ0) is 15.4. The molecule has 0 aromatic heterocycles. The van der Waals surface area contributed by atoms with Crippen LogP contribution in [-0.2, 0) is 14.3 Å². The molecule has 1 aliphatic heterocycles. The van der Waals surface area contributed by atoms with E-state index in [4.69, 9.17) is 4.74 Å². The quantitative estimate of drug-likeness (QED) is 0.599. The first-order chi connectivity index (χ1) is 10.0. The van der Waals surface area contributed by atoms with Crippen molar-refractivity contribution in [2.24, 2.45) is 0 Å². The highest BCUT2D eigenvalue weighted by Gasteiger charge is 2.28. The van der Waals surface area contributed by atoms with Gasteiger partial charge in [-0.1, -0.05) is 12.1 Å². The van der Waals surface area contributed by atoms with Gasteiger partial charge in [0.1, 0.15) is 0 Å². The average Bonchev–Trinajstić information content (AvgIpc) is 2.82. The molecule has 112 valence electrons. The van der Waals surface area contributed by atoms with Crippen molar-refractivity contribution in [3.63, 3.8) is 0 Å². The molecule has 0 spiro atoms. The van der Waals surface area contributed by atoms with Gasteiger partial charge in [0, 0.05) is 33.0 Å². The van der Waals surface area contributed by atoms with E-state index in [1.165, 1.54) is 12.0 Å². The van der Waals surface area contributed by atoms with Gasteiger partial charge in [0.15, 0.2) is 0 Å². The minimum atomic E-state index is -0.411. The minimum Gasteiger partial charge on any atom is -0.465 e. The Morgan fingerprint density at radius 1 is 1.24 bits per heavy atom. The van der Waals surface area contributed by atoms with Crippen LogP contribution in [-0.4, -0.2) is 49.9 Å². The van der Waals surface area contributed by atoms with Crippen molar-refractivity contribution in [2.75, 3.05) is 32.1 Å². The molecule has 0 radical (unpaired) electrons. The van der Waals surface area contributed by atoms with Crippen molar-refractivity contribution in [1.29, 1.82) is 0 Å². The second-order valence-electron chi connectivity index (χ2n) is 4.87. The van der Waals surface area contributed by atoms with Crippen LogP contribution in [0.4, 0.5) is 5.69 Å². The number of esters is 1. The molecule has 2 amide bonds. The number of rotatable bonds is 5. The molecule has 0 bridgehead atoms. The fourth-order valence-electron chi connectivity index (χ4n) is 2.33. The van der Waals surface area contributed by atoms with Crippen LogP contribution < -0.4 is 4.90 Å². The number of nitrogens with zero attached hydrogens (tertiary/aromatic N) is 2. The summed E-state index contributed by atoms with van der Waals surface area (Å²) in [6, 6.07) is 7.07. The summed E-state index contributed by atoms with van der Waals surface area (Å²) in [5, 5.41) is 0. The lowest BCUT2D eigenvalue weighted by Gasteiger charge is -2.24. The number of likely N-dealkylation sites (N-methyl/N-ethyl adjacent to an activating group) is 1. The Bertz CT molecular complexity index is 555. The molecule has 1 saturated heterocycles. The summed E-state index contributed by atoms with van der Waals surface area (Å²) in [4.78, 5) is 38.0. The van der Waals surface area contributed by atoms with Crippen LogP contribution >= 0.6 is 0 Å². The first kappa shape index (κ1) is 15.0. The second-order valence-corrected chi connectivity index (χ2v) is 4.87. The van der Waals surface area contributed by atoms with Crippen LogP contribution in [0.5, 0.6) is 0 Å². The number of para-hydroxylation sites is 1. The molecule has 1 heterocycles. The minimum absolute atomic E-state index is 0.130. The van der Waals surface area contributed by atoms with Crippen molar-refractivity contribution in [2.45, 2.75) is 12.8 Å². The van der Waals surface area contributed by atoms with Crippen LogP contribution in [0, 0.1) is 0 Å². The predicted octanol–water partition coefficient (Wildman–Crippen LogP) is 1.06. The molecule has 2 rings (SSSR count). The molecular weight excluding hydrogens is 272 g/mol. The summed E-state index contributed by atoms with van der Waals surface area (Å²) in [6.07, 6.45) is 0.586. The smallest absolute Gasteiger partial charge is 0.339 e. The predicted molar refractivity (Wildman–Crippen MR) is 77.0 cm³/mol. The fraction of sp³-hybridized carbons (Fsp3) is 0.400. The van der Waals surface area contributed by atoms with E-state index in [1.54, 1.807) is 18.2 Å². The van der Waals surface area contributed by atoms with E-state index in [-0.39, 0.29) is 11.8 Å². The number of carbonyl (C=O) groups excluding carboxylic acids is 3. The molecule has 1 aromatic carbocycles. The zero-order valence-corrected chi connectivity index (χ0v) is 12.2. The van der Waals surface area contributed by atoms with Crippen LogP contribution in [0.15, 0.2) is 24.3 Å². The maximum absolute atomic E-state index is 11.7. The van der Waals surface area contributed by atoms with Crippen molar-refractivity contribution in [3.8, 4) is 0 Å². The molecule has 6 heteroatoms. The number of ether oxygens (including phenoxy) is 1. The Labute approximate surface area is 123 Å². The molecule has 21 heavy (non-hydrogen) atoms. The lowest BCUT2D eigenvalue weighted by atomic mass is 10.1. The molecule has 0 atom stereocenters. The molecule has 1 fully saturated rings. The topological polar surface area (TPSA) is 66.9 Å². The summed E-state index contributed by atoms with van der Waals surface area (Å²) in [7, 11) is 3.15. The number of methoxy groups -OCH3 is 1.